The summed E-state index contributed by atoms with van der Waals surface area (Å²) in [5.74, 6) is 1.03. The van der Waals surface area contributed by atoms with Gasteiger partial charge in [-0.25, -0.2) is 0 Å². The lowest BCUT2D eigenvalue weighted by Crippen LogP contribution is -2.07. The third-order valence-electron chi connectivity index (χ3n) is 3.54. The van der Waals surface area contributed by atoms with Crippen molar-refractivity contribution >= 4 is 37.5 Å². The quantitative estimate of drug-likeness (QED) is 0.757. The minimum Gasteiger partial charge on any atom is -0.493 e. The largest absolute Gasteiger partial charge is 0.493 e. The van der Waals surface area contributed by atoms with Gasteiger partial charge in [0, 0.05) is 21.4 Å². The van der Waals surface area contributed by atoms with Crippen LogP contribution in [0.25, 0.3) is 0 Å². The van der Waals surface area contributed by atoms with Gasteiger partial charge in [0.1, 0.15) is 5.75 Å². The highest BCUT2D eigenvalue weighted by molar-refractivity contribution is 9.11. The van der Waals surface area contributed by atoms with Crippen LogP contribution in [0.5, 0.6) is 5.75 Å². The lowest BCUT2D eigenvalue weighted by Gasteiger charge is -2.18. The average molecular weight is 397 g/mol. The molecule has 1 atom stereocenters. The molecular weight excluding hydrogens is 382 g/mol. The van der Waals surface area contributed by atoms with Gasteiger partial charge in [0.25, 0.3) is 0 Å². The number of fused-ring (bicyclic) bond motifs is 1. The topological polar surface area (TPSA) is 21.3 Å². The van der Waals surface area contributed by atoms with Gasteiger partial charge < -0.3 is 10.1 Å². The van der Waals surface area contributed by atoms with Crippen LogP contribution in [-0.2, 0) is 6.42 Å². The molecule has 0 radical (unpaired) electrons. The summed E-state index contributed by atoms with van der Waals surface area (Å²) >= 11 is 7.17. The highest BCUT2D eigenvalue weighted by Gasteiger charge is 2.15. The number of para-hydroxylation sites is 1. The van der Waals surface area contributed by atoms with Gasteiger partial charge in [-0.15, -0.1) is 0 Å². The Morgan fingerprint density at radius 3 is 2.65 bits per heavy atom. The van der Waals surface area contributed by atoms with Crippen LogP contribution in [0.1, 0.15) is 24.1 Å². The smallest absolute Gasteiger partial charge is 0.122 e. The van der Waals surface area contributed by atoms with Gasteiger partial charge in [0.05, 0.1) is 12.3 Å². The van der Waals surface area contributed by atoms with Gasteiger partial charge in [-0.2, -0.15) is 0 Å². The second kappa shape index (κ2) is 5.78. The van der Waals surface area contributed by atoms with E-state index in [1.54, 1.807) is 0 Å². The van der Waals surface area contributed by atoms with Gasteiger partial charge in [-0.3, -0.25) is 0 Å². The van der Waals surface area contributed by atoms with Gasteiger partial charge in [-0.1, -0.05) is 12.1 Å². The highest BCUT2D eigenvalue weighted by atomic mass is 79.9. The number of halogens is 2. The van der Waals surface area contributed by atoms with Crippen LogP contribution in [-0.4, -0.2) is 6.61 Å². The number of rotatable bonds is 3. The molecule has 0 fully saturated rings. The zero-order valence-corrected chi connectivity index (χ0v) is 14.3. The van der Waals surface area contributed by atoms with Gasteiger partial charge in [0.15, 0.2) is 0 Å². The van der Waals surface area contributed by atoms with Crippen molar-refractivity contribution in [3.05, 3.63) is 56.5 Å². The number of hydrogen-bond acceptors (Lipinski definition) is 2. The molecule has 1 heterocycles. The Morgan fingerprint density at radius 1 is 1.15 bits per heavy atom. The van der Waals surface area contributed by atoms with Crippen LogP contribution in [0.3, 0.4) is 0 Å². The maximum atomic E-state index is 5.55. The van der Waals surface area contributed by atoms with Crippen LogP contribution in [0, 0.1) is 0 Å². The van der Waals surface area contributed by atoms with Gasteiger partial charge in [0.2, 0.25) is 0 Å². The summed E-state index contributed by atoms with van der Waals surface area (Å²) in [6.07, 6.45) is 1.01. The molecule has 2 aromatic rings. The van der Waals surface area contributed by atoms with E-state index in [9.17, 15) is 0 Å². The summed E-state index contributed by atoms with van der Waals surface area (Å²) in [6.45, 7) is 2.97. The van der Waals surface area contributed by atoms with E-state index in [1.165, 1.54) is 11.1 Å². The van der Waals surface area contributed by atoms with E-state index in [0.717, 1.165) is 33.4 Å². The lowest BCUT2D eigenvalue weighted by molar-refractivity contribution is 0.357. The van der Waals surface area contributed by atoms with Crippen molar-refractivity contribution in [3.8, 4) is 5.75 Å². The van der Waals surface area contributed by atoms with E-state index in [0.29, 0.717) is 0 Å². The molecule has 1 N–H and O–H groups in total. The Bertz CT molecular complexity index is 622. The van der Waals surface area contributed by atoms with E-state index in [1.807, 2.05) is 18.2 Å². The summed E-state index contributed by atoms with van der Waals surface area (Å²) in [7, 11) is 0. The number of hydrogen-bond donors (Lipinski definition) is 1. The summed E-state index contributed by atoms with van der Waals surface area (Å²) in [5, 5.41) is 3.55. The molecule has 104 valence electrons. The number of benzene rings is 2. The number of nitrogens with one attached hydrogen (secondary N) is 1. The van der Waals surface area contributed by atoms with Crippen molar-refractivity contribution in [1.82, 2.24) is 0 Å². The molecule has 2 aromatic carbocycles. The van der Waals surface area contributed by atoms with Gasteiger partial charge in [-0.05, 0) is 74.2 Å². The Labute approximate surface area is 135 Å². The first-order valence-electron chi connectivity index (χ1n) is 6.61. The molecule has 0 aliphatic carbocycles. The molecular formula is C16H15Br2NO. The fourth-order valence-electron chi connectivity index (χ4n) is 2.41. The summed E-state index contributed by atoms with van der Waals surface area (Å²) in [6, 6.07) is 12.8. The van der Waals surface area contributed by atoms with Crippen LogP contribution in [0.4, 0.5) is 5.69 Å². The molecule has 0 bridgehead atoms. The summed E-state index contributed by atoms with van der Waals surface area (Å²) in [4.78, 5) is 0. The first-order valence-corrected chi connectivity index (χ1v) is 8.20. The maximum Gasteiger partial charge on any atom is 0.122 e. The first-order chi connectivity index (χ1) is 9.65. The minimum atomic E-state index is 0.232. The lowest BCUT2D eigenvalue weighted by atomic mass is 10.0. The van der Waals surface area contributed by atoms with E-state index in [2.05, 4.69) is 62.3 Å². The fourth-order valence-corrected chi connectivity index (χ4v) is 3.64. The SMILES string of the molecule is CC(Nc1c(Br)cccc1Br)c1ccc2c(c1)CCO2. The minimum absolute atomic E-state index is 0.232. The molecule has 0 amide bonds. The molecule has 0 spiro atoms. The Kier molecular flexibility index (Phi) is 4.03. The number of ether oxygens (including phenoxy) is 1. The summed E-state index contributed by atoms with van der Waals surface area (Å²) < 4.78 is 7.67. The van der Waals surface area contributed by atoms with E-state index in [4.69, 9.17) is 4.74 Å². The highest BCUT2D eigenvalue weighted by Crippen LogP contribution is 2.34. The molecule has 0 aromatic heterocycles. The van der Waals surface area contributed by atoms with E-state index >= 15 is 0 Å². The third kappa shape index (κ3) is 2.72. The monoisotopic (exact) mass is 395 g/mol. The van der Waals surface area contributed by atoms with Crippen molar-refractivity contribution in [2.45, 2.75) is 19.4 Å². The van der Waals surface area contributed by atoms with Crippen LogP contribution < -0.4 is 10.1 Å². The molecule has 1 aliphatic rings. The van der Waals surface area contributed by atoms with Crippen LogP contribution >= 0.6 is 31.9 Å². The number of anilines is 1. The Balaban J connectivity index is 1.84. The Morgan fingerprint density at radius 2 is 1.90 bits per heavy atom. The maximum absolute atomic E-state index is 5.55. The zero-order valence-electron chi connectivity index (χ0n) is 11.1. The van der Waals surface area contributed by atoms with Crippen molar-refractivity contribution < 1.29 is 4.74 Å². The molecule has 1 aliphatic heterocycles. The average Bonchev–Trinajstić information content (AvgIpc) is 2.90. The molecule has 2 nitrogen and oxygen atoms in total. The second-order valence-electron chi connectivity index (χ2n) is 4.93. The molecule has 20 heavy (non-hydrogen) atoms. The normalized spacial score (nSPS) is 14.6. The van der Waals surface area contributed by atoms with E-state index in [-0.39, 0.29) is 6.04 Å². The Hall–Kier alpha value is -1.00. The van der Waals surface area contributed by atoms with Crippen molar-refractivity contribution in [3.63, 3.8) is 0 Å². The zero-order chi connectivity index (χ0) is 14.1. The van der Waals surface area contributed by atoms with Crippen LogP contribution in [0.15, 0.2) is 45.3 Å². The molecule has 1 unspecified atom stereocenters. The molecule has 0 saturated heterocycles. The summed E-state index contributed by atoms with van der Waals surface area (Å²) in [5.41, 5.74) is 3.66. The van der Waals surface area contributed by atoms with Crippen molar-refractivity contribution in [2.24, 2.45) is 0 Å². The van der Waals surface area contributed by atoms with Crippen LogP contribution in [0.2, 0.25) is 0 Å². The standard InChI is InChI=1S/C16H15Br2NO/c1-10(19-16-13(17)3-2-4-14(16)18)11-5-6-15-12(9-11)7-8-20-15/h2-6,9-10,19H,7-8H2,1H3. The van der Waals surface area contributed by atoms with Crippen molar-refractivity contribution in [2.75, 3.05) is 11.9 Å². The fraction of sp³-hybridized carbons (Fsp3) is 0.250. The molecule has 3 rings (SSSR count). The van der Waals surface area contributed by atoms with E-state index < -0.39 is 0 Å². The second-order valence-corrected chi connectivity index (χ2v) is 6.64. The molecule has 4 heteroatoms. The predicted molar refractivity (Wildman–Crippen MR) is 89.5 cm³/mol. The third-order valence-corrected chi connectivity index (χ3v) is 4.86. The predicted octanol–water partition coefficient (Wildman–Crippen LogP) is 5.32. The molecule has 0 saturated carbocycles. The first kappa shape index (κ1) is 14.0. The van der Waals surface area contributed by atoms with Gasteiger partial charge >= 0.3 is 0 Å². The van der Waals surface area contributed by atoms with Crippen molar-refractivity contribution in [1.29, 1.82) is 0 Å².